The van der Waals surface area contributed by atoms with Crippen molar-refractivity contribution in [2.45, 2.75) is 20.3 Å². The van der Waals surface area contributed by atoms with Crippen molar-refractivity contribution in [2.24, 2.45) is 7.05 Å². The summed E-state index contributed by atoms with van der Waals surface area (Å²) in [6, 6.07) is 1.65. The molecule has 0 aromatic carbocycles. The van der Waals surface area contributed by atoms with E-state index >= 15 is 0 Å². The topological polar surface area (TPSA) is 39.1 Å². The Morgan fingerprint density at radius 3 is 2.54 bits per heavy atom. The number of hydrogen-bond acceptors (Lipinski definition) is 2. The van der Waals surface area contributed by atoms with Crippen LogP contribution < -0.4 is 0 Å². The first kappa shape index (κ1) is 9.71. The van der Waals surface area contributed by atoms with E-state index in [0.717, 1.165) is 18.4 Å². The molecule has 1 heterocycles. The minimum Gasteiger partial charge on any atom is -0.345 e. The van der Waals surface area contributed by atoms with Gasteiger partial charge in [0.25, 0.3) is 0 Å². The van der Waals surface area contributed by atoms with E-state index in [1.54, 1.807) is 10.6 Å². The normalized spacial score (nSPS) is 10.1. The van der Waals surface area contributed by atoms with Crippen LogP contribution in [0.5, 0.6) is 0 Å². The van der Waals surface area contributed by atoms with Gasteiger partial charge in [-0.25, -0.2) is 0 Å². The molecule has 0 radical (unpaired) electrons. The van der Waals surface area contributed by atoms with E-state index in [9.17, 15) is 9.59 Å². The fourth-order valence-corrected chi connectivity index (χ4v) is 1.55. The quantitative estimate of drug-likeness (QED) is 0.522. The smallest absolute Gasteiger partial charge is 0.176 e. The molecule has 0 aliphatic heterocycles. The van der Waals surface area contributed by atoms with Crippen molar-refractivity contribution in [3.8, 4) is 0 Å². The molecule has 1 aromatic rings. The zero-order valence-electron chi connectivity index (χ0n) is 8.13. The van der Waals surface area contributed by atoms with Gasteiger partial charge in [0.2, 0.25) is 0 Å². The van der Waals surface area contributed by atoms with Gasteiger partial charge in [0.15, 0.2) is 12.1 Å². The van der Waals surface area contributed by atoms with E-state index in [-0.39, 0.29) is 5.78 Å². The van der Waals surface area contributed by atoms with Crippen molar-refractivity contribution in [1.82, 2.24) is 4.57 Å². The number of Topliss-reactive ketones (excluding diaryl/α,β-unsaturated/α-hetero) is 1. The summed E-state index contributed by atoms with van der Waals surface area (Å²) < 4.78 is 1.78. The Labute approximate surface area is 77.4 Å². The standard InChI is InChI=1S/C10H13NO2/c1-4-9-8(6-12)5-10(7(2)13)11(9)3/h5-6H,4H2,1-3H3. The summed E-state index contributed by atoms with van der Waals surface area (Å²) in [6.45, 7) is 3.47. The lowest BCUT2D eigenvalue weighted by molar-refractivity contribution is 0.100. The summed E-state index contributed by atoms with van der Waals surface area (Å²) in [4.78, 5) is 21.8. The number of rotatable bonds is 3. The molecule has 0 fully saturated rings. The third-order valence-electron chi connectivity index (χ3n) is 2.21. The van der Waals surface area contributed by atoms with E-state index in [4.69, 9.17) is 0 Å². The number of hydrogen-bond donors (Lipinski definition) is 0. The molecule has 0 bridgehead atoms. The lowest BCUT2D eigenvalue weighted by Gasteiger charge is -2.02. The Morgan fingerprint density at radius 2 is 2.23 bits per heavy atom. The lowest BCUT2D eigenvalue weighted by Crippen LogP contribution is -2.04. The Hall–Kier alpha value is -1.38. The third-order valence-corrected chi connectivity index (χ3v) is 2.21. The predicted octanol–water partition coefficient (Wildman–Crippen LogP) is 1.60. The maximum Gasteiger partial charge on any atom is 0.176 e. The van der Waals surface area contributed by atoms with Gasteiger partial charge in [0.1, 0.15) is 0 Å². The zero-order chi connectivity index (χ0) is 10.0. The average molecular weight is 179 g/mol. The van der Waals surface area contributed by atoms with E-state index in [2.05, 4.69) is 0 Å². The van der Waals surface area contributed by atoms with Gasteiger partial charge < -0.3 is 4.57 Å². The number of aldehydes is 1. The molecule has 3 heteroatoms. The molecule has 0 aliphatic carbocycles. The largest absolute Gasteiger partial charge is 0.345 e. The highest BCUT2D eigenvalue weighted by atomic mass is 16.1. The molecule has 1 aromatic heterocycles. The Morgan fingerprint density at radius 1 is 1.62 bits per heavy atom. The summed E-state index contributed by atoms with van der Waals surface area (Å²) in [5, 5.41) is 0. The molecular formula is C10H13NO2. The molecular weight excluding hydrogens is 166 g/mol. The number of carbonyl (C=O) groups excluding carboxylic acids is 2. The fourth-order valence-electron chi connectivity index (χ4n) is 1.55. The van der Waals surface area contributed by atoms with Gasteiger partial charge >= 0.3 is 0 Å². The van der Waals surface area contributed by atoms with Crippen LogP contribution in [0.25, 0.3) is 0 Å². The van der Waals surface area contributed by atoms with Gasteiger partial charge in [-0.1, -0.05) is 6.92 Å². The highest BCUT2D eigenvalue weighted by Gasteiger charge is 2.12. The third kappa shape index (κ3) is 1.54. The maximum absolute atomic E-state index is 11.1. The van der Waals surface area contributed by atoms with Gasteiger partial charge in [-0.05, 0) is 12.5 Å². The second-order valence-corrected chi connectivity index (χ2v) is 3.02. The van der Waals surface area contributed by atoms with Crippen molar-refractivity contribution < 1.29 is 9.59 Å². The molecule has 0 saturated carbocycles. The number of nitrogens with zero attached hydrogens (tertiary/aromatic N) is 1. The highest BCUT2D eigenvalue weighted by molar-refractivity contribution is 5.95. The van der Waals surface area contributed by atoms with Gasteiger partial charge in [-0.15, -0.1) is 0 Å². The molecule has 13 heavy (non-hydrogen) atoms. The fraction of sp³-hybridized carbons (Fsp3) is 0.400. The molecule has 3 nitrogen and oxygen atoms in total. The van der Waals surface area contributed by atoms with Crippen molar-refractivity contribution >= 4 is 12.1 Å². The second-order valence-electron chi connectivity index (χ2n) is 3.02. The molecule has 0 saturated heterocycles. The molecule has 0 unspecified atom stereocenters. The van der Waals surface area contributed by atoms with Crippen LogP contribution in [0, 0.1) is 0 Å². The first-order valence-corrected chi connectivity index (χ1v) is 4.26. The monoisotopic (exact) mass is 179 g/mol. The Kier molecular flexibility index (Phi) is 2.66. The minimum absolute atomic E-state index is 0.00898. The number of ketones is 1. The first-order valence-electron chi connectivity index (χ1n) is 4.26. The molecule has 70 valence electrons. The summed E-state index contributed by atoms with van der Waals surface area (Å²) in [5.41, 5.74) is 2.13. The van der Waals surface area contributed by atoms with Gasteiger partial charge in [-0.3, -0.25) is 9.59 Å². The summed E-state index contributed by atoms with van der Waals surface area (Å²) in [6.07, 6.45) is 1.56. The summed E-state index contributed by atoms with van der Waals surface area (Å²) in [7, 11) is 1.81. The molecule has 0 aliphatic rings. The second kappa shape index (κ2) is 3.56. The van der Waals surface area contributed by atoms with Crippen LogP contribution in [0.1, 0.15) is 40.4 Å². The summed E-state index contributed by atoms with van der Waals surface area (Å²) >= 11 is 0. The van der Waals surface area contributed by atoms with E-state index < -0.39 is 0 Å². The molecule has 1 rings (SSSR count). The van der Waals surface area contributed by atoms with Gasteiger partial charge in [0, 0.05) is 25.2 Å². The molecule has 0 amide bonds. The number of aromatic nitrogens is 1. The lowest BCUT2D eigenvalue weighted by atomic mass is 10.2. The van der Waals surface area contributed by atoms with Crippen molar-refractivity contribution in [3.05, 3.63) is 23.0 Å². The zero-order valence-corrected chi connectivity index (χ0v) is 8.13. The molecule has 0 atom stereocenters. The Balaban J connectivity index is 3.34. The van der Waals surface area contributed by atoms with Crippen molar-refractivity contribution in [2.75, 3.05) is 0 Å². The van der Waals surface area contributed by atoms with E-state index in [1.165, 1.54) is 6.92 Å². The van der Waals surface area contributed by atoms with E-state index in [0.29, 0.717) is 11.3 Å². The maximum atomic E-state index is 11.1. The predicted molar refractivity (Wildman–Crippen MR) is 50.2 cm³/mol. The molecule has 0 spiro atoms. The summed E-state index contributed by atoms with van der Waals surface area (Å²) in [5.74, 6) is -0.00898. The van der Waals surface area contributed by atoms with Crippen LogP contribution in [0.3, 0.4) is 0 Å². The molecule has 0 N–H and O–H groups in total. The first-order chi connectivity index (χ1) is 6.11. The SMILES string of the molecule is CCc1c(C=O)cc(C(C)=O)n1C. The van der Waals surface area contributed by atoms with Crippen LogP contribution in [0.15, 0.2) is 6.07 Å². The van der Waals surface area contributed by atoms with Crippen LogP contribution in [0.4, 0.5) is 0 Å². The number of carbonyl (C=O) groups is 2. The van der Waals surface area contributed by atoms with E-state index in [1.807, 2.05) is 14.0 Å². The van der Waals surface area contributed by atoms with Crippen LogP contribution in [-0.4, -0.2) is 16.6 Å². The van der Waals surface area contributed by atoms with Crippen LogP contribution in [0.2, 0.25) is 0 Å². The Bertz CT molecular complexity index is 350. The minimum atomic E-state index is -0.00898. The van der Waals surface area contributed by atoms with Crippen molar-refractivity contribution in [3.63, 3.8) is 0 Å². The van der Waals surface area contributed by atoms with Crippen LogP contribution in [-0.2, 0) is 13.5 Å². The average Bonchev–Trinajstić information content (AvgIpc) is 2.41. The van der Waals surface area contributed by atoms with Gasteiger partial charge in [0.05, 0.1) is 5.69 Å². The van der Waals surface area contributed by atoms with Gasteiger partial charge in [-0.2, -0.15) is 0 Å². The highest BCUT2D eigenvalue weighted by Crippen LogP contribution is 2.14. The van der Waals surface area contributed by atoms with Crippen molar-refractivity contribution in [1.29, 1.82) is 0 Å². The van der Waals surface area contributed by atoms with Crippen LogP contribution >= 0.6 is 0 Å².